The summed E-state index contributed by atoms with van der Waals surface area (Å²) in [5.74, 6) is -0.130. The van der Waals surface area contributed by atoms with E-state index in [1.165, 1.54) is 0 Å². The molecule has 0 aliphatic carbocycles. The summed E-state index contributed by atoms with van der Waals surface area (Å²) in [6.45, 7) is 2.76. The molecule has 30 heavy (non-hydrogen) atoms. The van der Waals surface area contributed by atoms with Crippen molar-refractivity contribution in [3.05, 3.63) is 34.9 Å². The molecule has 0 radical (unpaired) electrons. The molecule has 0 saturated carbocycles. The van der Waals surface area contributed by atoms with Crippen LogP contribution in [0.4, 0.5) is 11.6 Å². The molecule has 1 saturated heterocycles. The Hall–Kier alpha value is -3.18. The molecule has 12 heteroatoms. The maximum atomic E-state index is 12.5. The van der Waals surface area contributed by atoms with Crippen molar-refractivity contribution < 1.29 is 9.90 Å². The molecule has 4 heterocycles. The first kappa shape index (κ1) is 20.1. The number of carbonyl (C=O) groups is 1. The van der Waals surface area contributed by atoms with Crippen LogP contribution in [-0.4, -0.2) is 62.0 Å². The number of aromatic hydroxyl groups is 1. The quantitative estimate of drug-likeness (QED) is 0.453. The fraction of sp³-hybridized carbons (Fsp3) is 0.389. The number of nitrogens with one attached hydrogen (secondary N) is 2. The molecule has 7 N–H and O–H groups in total. The third-order valence-electron chi connectivity index (χ3n) is 5.33. The first-order valence-electron chi connectivity index (χ1n) is 9.43. The molecular formula is C18H22ClN9O2. The van der Waals surface area contributed by atoms with Crippen LogP contribution >= 0.6 is 11.6 Å². The van der Waals surface area contributed by atoms with E-state index in [-0.39, 0.29) is 33.8 Å². The smallest absolute Gasteiger partial charge is 0.280 e. The zero-order valence-corrected chi connectivity index (χ0v) is 16.9. The molecular weight excluding hydrogens is 410 g/mol. The van der Waals surface area contributed by atoms with Gasteiger partial charge < -0.3 is 21.9 Å². The van der Waals surface area contributed by atoms with E-state index in [0.717, 1.165) is 25.9 Å². The molecule has 0 unspecified atom stereocenters. The van der Waals surface area contributed by atoms with Crippen molar-refractivity contribution in [1.82, 2.24) is 30.5 Å². The zero-order valence-electron chi connectivity index (χ0n) is 16.1. The molecule has 4 rings (SSSR count). The number of likely N-dealkylation sites (tertiary alicyclic amines) is 1. The number of guanidine groups is 1. The van der Waals surface area contributed by atoms with Gasteiger partial charge in [0.25, 0.3) is 5.91 Å². The van der Waals surface area contributed by atoms with Gasteiger partial charge in [-0.2, -0.15) is 0 Å². The lowest BCUT2D eigenvalue weighted by molar-refractivity contribution is 0.0970. The summed E-state index contributed by atoms with van der Waals surface area (Å²) in [4.78, 5) is 31.1. The van der Waals surface area contributed by atoms with Crippen LogP contribution in [0.25, 0.3) is 0 Å². The van der Waals surface area contributed by atoms with Gasteiger partial charge in [0, 0.05) is 25.8 Å². The minimum atomic E-state index is -0.562. The van der Waals surface area contributed by atoms with Crippen LogP contribution in [0.3, 0.4) is 0 Å². The lowest BCUT2D eigenvalue weighted by Gasteiger charge is -2.39. The normalized spacial score (nSPS) is 18.1. The van der Waals surface area contributed by atoms with Gasteiger partial charge in [0.2, 0.25) is 0 Å². The molecule has 158 valence electrons. The van der Waals surface area contributed by atoms with Gasteiger partial charge in [-0.15, -0.1) is 0 Å². The van der Waals surface area contributed by atoms with Crippen molar-refractivity contribution in [2.45, 2.75) is 24.9 Å². The minimum absolute atomic E-state index is 0.0354. The van der Waals surface area contributed by atoms with Crippen molar-refractivity contribution in [3.8, 4) is 5.75 Å². The minimum Gasteiger partial charge on any atom is -0.506 e. The Morgan fingerprint density at radius 3 is 2.80 bits per heavy atom. The van der Waals surface area contributed by atoms with Crippen molar-refractivity contribution >= 4 is 35.1 Å². The van der Waals surface area contributed by atoms with E-state index in [1.54, 1.807) is 18.3 Å². The van der Waals surface area contributed by atoms with E-state index in [4.69, 9.17) is 23.1 Å². The highest BCUT2D eigenvalue weighted by Crippen LogP contribution is 2.27. The SMILES string of the molecule is Nc1nc(N)c(C(=O)NC2=NCC3(CCN(Cc4ncccc4O)CC3)N2)nc1Cl. The number of hydrogen-bond acceptors (Lipinski definition) is 10. The predicted octanol–water partition coefficient (Wildman–Crippen LogP) is 0.119. The number of nitrogens with zero attached hydrogens (tertiary/aromatic N) is 5. The first-order chi connectivity index (χ1) is 14.3. The van der Waals surface area contributed by atoms with Crippen LogP contribution in [0, 0.1) is 0 Å². The summed E-state index contributed by atoms with van der Waals surface area (Å²) in [6, 6.07) is 3.34. The lowest BCUT2D eigenvalue weighted by atomic mass is 9.88. The van der Waals surface area contributed by atoms with Gasteiger partial charge in [0.1, 0.15) is 5.75 Å². The average Bonchev–Trinajstić information content (AvgIpc) is 3.10. The van der Waals surface area contributed by atoms with E-state index < -0.39 is 5.91 Å². The predicted molar refractivity (Wildman–Crippen MR) is 112 cm³/mol. The highest BCUT2D eigenvalue weighted by Gasteiger charge is 2.39. The molecule has 2 aromatic heterocycles. The molecule has 2 aromatic rings. The molecule has 2 aliphatic heterocycles. The number of pyridine rings is 1. The second kappa shape index (κ2) is 7.92. The molecule has 1 spiro atoms. The van der Waals surface area contributed by atoms with E-state index in [2.05, 4.69) is 35.5 Å². The Balaban J connectivity index is 1.33. The second-order valence-corrected chi connectivity index (χ2v) is 7.76. The molecule has 0 aromatic carbocycles. The number of nitrogen functional groups attached to an aromatic ring is 2. The van der Waals surface area contributed by atoms with Crippen LogP contribution in [-0.2, 0) is 6.54 Å². The molecule has 0 atom stereocenters. The second-order valence-electron chi connectivity index (χ2n) is 7.40. The first-order valence-corrected chi connectivity index (χ1v) is 9.81. The molecule has 0 bridgehead atoms. The van der Waals surface area contributed by atoms with Crippen LogP contribution in [0.1, 0.15) is 29.0 Å². The summed E-state index contributed by atoms with van der Waals surface area (Å²) < 4.78 is 0. The van der Waals surface area contributed by atoms with Gasteiger partial charge in [-0.05, 0) is 25.0 Å². The number of hydrogen-bond donors (Lipinski definition) is 5. The maximum absolute atomic E-state index is 12.5. The van der Waals surface area contributed by atoms with E-state index in [1.807, 2.05) is 0 Å². The fourth-order valence-corrected chi connectivity index (χ4v) is 3.72. The van der Waals surface area contributed by atoms with Gasteiger partial charge in [0.05, 0.1) is 17.8 Å². The number of carbonyl (C=O) groups excluding carboxylic acids is 1. The Kier molecular flexibility index (Phi) is 5.31. The third kappa shape index (κ3) is 4.07. The van der Waals surface area contributed by atoms with Gasteiger partial charge in [0.15, 0.2) is 28.4 Å². The van der Waals surface area contributed by atoms with E-state index in [0.29, 0.717) is 24.7 Å². The summed E-state index contributed by atoms with van der Waals surface area (Å²) in [5, 5.41) is 15.8. The van der Waals surface area contributed by atoms with Crippen LogP contribution in [0.5, 0.6) is 5.75 Å². The van der Waals surface area contributed by atoms with Crippen LogP contribution in [0.15, 0.2) is 23.3 Å². The zero-order chi connectivity index (χ0) is 21.3. The third-order valence-corrected chi connectivity index (χ3v) is 5.61. The average molecular weight is 432 g/mol. The standard InChI is InChI=1S/C18H22ClN9O2/c19-13-15(21)25-14(20)12(24-13)16(30)26-17-23-9-18(27-17)3-6-28(7-4-18)8-10-11(29)2-1-5-22-10/h1-2,5,29H,3-4,6-9H2,(H4,20,21,25)(H2,23,26,27,30). The van der Waals surface area contributed by atoms with Crippen molar-refractivity contribution in [2.24, 2.45) is 4.99 Å². The Morgan fingerprint density at radius 1 is 1.30 bits per heavy atom. The van der Waals surface area contributed by atoms with Crippen molar-refractivity contribution in [2.75, 3.05) is 31.1 Å². The number of aliphatic imine (C=N–C) groups is 1. The number of anilines is 2. The molecule has 11 nitrogen and oxygen atoms in total. The number of aromatic nitrogens is 3. The van der Waals surface area contributed by atoms with Gasteiger partial charge in [-0.3, -0.25) is 25.0 Å². The summed E-state index contributed by atoms with van der Waals surface area (Å²) in [5.41, 5.74) is 11.6. The summed E-state index contributed by atoms with van der Waals surface area (Å²) in [7, 11) is 0. The maximum Gasteiger partial charge on any atom is 0.280 e. The topological polar surface area (TPSA) is 168 Å². The number of piperidine rings is 1. The lowest BCUT2D eigenvalue weighted by Crippen LogP contribution is -2.56. The molecule has 2 aliphatic rings. The summed E-state index contributed by atoms with van der Waals surface area (Å²) in [6.07, 6.45) is 3.34. The fourth-order valence-electron chi connectivity index (χ4n) is 3.59. The van der Waals surface area contributed by atoms with Crippen molar-refractivity contribution in [3.63, 3.8) is 0 Å². The van der Waals surface area contributed by atoms with Gasteiger partial charge in [-0.1, -0.05) is 11.6 Å². The Labute approximate surface area is 177 Å². The van der Waals surface area contributed by atoms with Gasteiger partial charge in [-0.25, -0.2) is 9.97 Å². The highest BCUT2D eigenvalue weighted by molar-refractivity contribution is 6.31. The number of amides is 1. The van der Waals surface area contributed by atoms with Gasteiger partial charge >= 0.3 is 0 Å². The Bertz CT molecular complexity index is 1010. The molecule has 1 amide bonds. The van der Waals surface area contributed by atoms with Crippen LogP contribution in [0.2, 0.25) is 5.15 Å². The Morgan fingerprint density at radius 2 is 2.07 bits per heavy atom. The van der Waals surface area contributed by atoms with E-state index >= 15 is 0 Å². The number of nitrogens with two attached hydrogens (primary N) is 2. The number of rotatable bonds is 3. The van der Waals surface area contributed by atoms with E-state index in [9.17, 15) is 9.90 Å². The molecule has 1 fully saturated rings. The monoisotopic (exact) mass is 431 g/mol. The number of halogens is 1. The summed E-state index contributed by atoms with van der Waals surface area (Å²) >= 11 is 5.84. The largest absolute Gasteiger partial charge is 0.506 e. The van der Waals surface area contributed by atoms with Crippen LogP contribution < -0.4 is 22.1 Å². The van der Waals surface area contributed by atoms with Crippen molar-refractivity contribution in [1.29, 1.82) is 0 Å². The highest BCUT2D eigenvalue weighted by atomic mass is 35.5.